The Morgan fingerprint density at radius 1 is 0.314 bits per heavy atom. The summed E-state index contributed by atoms with van der Waals surface area (Å²) in [6.07, 6.45) is 9.26. The fourth-order valence-electron chi connectivity index (χ4n) is 10.7. The van der Waals surface area contributed by atoms with E-state index in [9.17, 15) is 0 Å². The predicted octanol–water partition coefficient (Wildman–Crippen LogP) is 15.8. The van der Waals surface area contributed by atoms with Gasteiger partial charge in [0, 0.05) is 60.9 Å². The first-order valence-electron chi connectivity index (χ1n) is 23.8. The van der Waals surface area contributed by atoms with Crippen LogP contribution in [0.25, 0.3) is 118 Å². The first-order chi connectivity index (χ1) is 34.7. The maximum absolute atomic E-state index is 5.28. The lowest BCUT2D eigenvalue weighted by Crippen LogP contribution is -2.08. The molecule has 0 amide bonds. The first-order valence-corrected chi connectivity index (χ1v) is 23.8. The second-order valence-electron chi connectivity index (χ2n) is 18.0. The molecule has 13 aromatic rings. The zero-order valence-corrected chi connectivity index (χ0v) is 37.9. The number of aromatic nitrogens is 6. The molecule has 4 heterocycles. The van der Waals surface area contributed by atoms with Crippen molar-refractivity contribution in [1.82, 2.24) is 28.7 Å². The summed E-state index contributed by atoms with van der Waals surface area (Å²) >= 11 is 0. The van der Waals surface area contributed by atoms with E-state index in [4.69, 9.17) is 15.0 Å². The monoisotopic (exact) mass is 894 g/mol. The minimum atomic E-state index is 0.00442. The van der Waals surface area contributed by atoms with Crippen molar-refractivity contribution in [3.8, 4) is 51.2 Å². The van der Waals surface area contributed by atoms with Gasteiger partial charge in [0.2, 0.25) is 5.95 Å². The summed E-state index contributed by atoms with van der Waals surface area (Å²) in [5, 5.41) is 6.03. The third-order valence-electron chi connectivity index (χ3n) is 14.0. The summed E-state index contributed by atoms with van der Waals surface area (Å²) in [5.41, 5.74) is 15.5. The Labute approximate surface area is 404 Å². The third kappa shape index (κ3) is 6.45. The number of hydrogen-bond donors (Lipinski definition) is 0. The van der Waals surface area contributed by atoms with Crippen molar-refractivity contribution in [3.05, 3.63) is 253 Å². The van der Waals surface area contributed by atoms with Gasteiger partial charge >= 0.3 is 0 Å². The van der Waals surface area contributed by atoms with Gasteiger partial charge in [-0.2, -0.15) is 9.97 Å². The van der Waals surface area contributed by atoms with E-state index in [2.05, 4.69) is 226 Å². The molecule has 0 N–H and O–H groups in total. The second-order valence-corrected chi connectivity index (χ2v) is 18.0. The minimum absolute atomic E-state index is 0.00442. The van der Waals surface area contributed by atoms with Crippen molar-refractivity contribution < 1.29 is 0 Å². The van der Waals surface area contributed by atoms with Crippen LogP contribution in [0.5, 0.6) is 0 Å². The van der Waals surface area contributed by atoms with Crippen LogP contribution in [0.2, 0.25) is 0 Å². The summed E-state index contributed by atoms with van der Waals surface area (Å²) in [4.78, 5) is 15.6. The molecule has 4 aromatic heterocycles. The van der Waals surface area contributed by atoms with Crippen LogP contribution in [0.1, 0.15) is 22.7 Å². The quantitative estimate of drug-likeness (QED) is 0.160. The molecule has 1 aliphatic rings. The molecule has 9 aromatic carbocycles. The molecule has 70 heavy (non-hydrogen) atoms. The molecule has 14 rings (SSSR count). The van der Waals surface area contributed by atoms with Gasteiger partial charge in [0.05, 0.1) is 33.3 Å². The van der Waals surface area contributed by atoms with Gasteiger partial charge in [-0.05, 0) is 95.6 Å². The highest BCUT2D eigenvalue weighted by atomic mass is 15.2. The highest BCUT2D eigenvalue weighted by Crippen LogP contribution is 2.41. The van der Waals surface area contributed by atoms with Crippen LogP contribution < -0.4 is 0 Å². The molecule has 1 aliphatic carbocycles. The van der Waals surface area contributed by atoms with Crippen LogP contribution in [0.15, 0.2) is 237 Å². The Balaban J connectivity index is 0.959. The molecule has 0 radical (unpaired) electrons. The molecule has 6 nitrogen and oxygen atoms in total. The molecule has 0 spiro atoms. The molecular formula is C64H42N6. The van der Waals surface area contributed by atoms with Crippen molar-refractivity contribution in [1.29, 1.82) is 0 Å². The van der Waals surface area contributed by atoms with Crippen LogP contribution >= 0.6 is 0 Å². The van der Waals surface area contributed by atoms with Gasteiger partial charge in [-0.25, -0.2) is 4.98 Å². The van der Waals surface area contributed by atoms with Crippen LogP contribution in [-0.4, -0.2) is 28.7 Å². The van der Waals surface area contributed by atoms with Crippen LogP contribution in [0, 0.1) is 0 Å². The van der Waals surface area contributed by atoms with Gasteiger partial charge in [-0.1, -0.05) is 170 Å². The van der Waals surface area contributed by atoms with Gasteiger partial charge in [-0.15, -0.1) is 0 Å². The van der Waals surface area contributed by atoms with Crippen LogP contribution in [0.4, 0.5) is 0 Å². The first kappa shape index (κ1) is 39.7. The van der Waals surface area contributed by atoms with Crippen molar-refractivity contribution in [3.63, 3.8) is 0 Å². The normalized spacial score (nSPS) is 13.5. The van der Waals surface area contributed by atoms with Crippen molar-refractivity contribution in [2.75, 3.05) is 0 Å². The highest BCUT2D eigenvalue weighted by molar-refractivity contribution is 6.11. The molecule has 6 heteroatoms. The maximum atomic E-state index is 5.28. The minimum Gasteiger partial charge on any atom is -0.309 e. The lowest BCUT2D eigenvalue weighted by molar-refractivity contribution is 0.925. The number of benzene rings is 9. The molecular weight excluding hydrogens is 853 g/mol. The van der Waals surface area contributed by atoms with Gasteiger partial charge in [0.15, 0.2) is 11.6 Å². The van der Waals surface area contributed by atoms with Gasteiger partial charge < -0.3 is 9.13 Å². The fraction of sp³-hybridized carbons (Fsp3) is 0.0156. The highest BCUT2D eigenvalue weighted by Gasteiger charge is 2.24. The van der Waals surface area contributed by atoms with Crippen LogP contribution in [0.3, 0.4) is 0 Å². The second kappa shape index (κ2) is 16.1. The number of rotatable bonds is 7. The van der Waals surface area contributed by atoms with Crippen molar-refractivity contribution in [2.24, 2.45) is 0 Å². The zero-order chi connectivity index (χ0) is 46.1. The summed E-state index contributed by atoms with van der Waals surface area (Å²) in [6, 6.07) is 79.8. The van der Waals surface area contributed by atoms with E-state index in [1.54, 1.807) is 0 Å². The molecule has 0 saturated carbocycles. The Hall–Kier alpha value is -9.39. The van der Waals surface area contributed by atoms with E-state index in [-0.39, 0.29) is 5.92 Å². The molecule has 328 valence electrons. The zero-order valence-electron chi connectivity index (χ0n) is 37.9. The molecule has 1 atom stereocenters. The van der Waals surface area contributed by atoms with E-state index in [0.29, 0.717) is 17.6 Å². The smallest absolute Gasteiger partial charge is 0.238 e. The Morgan fingerprint density at radius 2 is 0.757 bits per heavy atom. The lowest BCUT2D eigenvalue weighted by Gasteiger charge is -2.12. The standard InChI is InChI=1S/C64H42N6/c1-5-17-43(18-6-1)62-65-63(44-19-7-2-8-20-44)67-64(66-62)70-58-35-30-42(45-31-36-59-53(39-45)50-25-13-15-27-56(50)68(59)48-21-9-3-10-22-48)29-34-52(58)55-41-47(33-38-61(55)70)46-32-37-60-54(40-46)51-26-14-16-28-57(51)69(60)49-23-11-4-12-24-49/h1-42H. The Kier molecular flexibility index (Phi) is 9.17. The maximum Gasteiger partial charge on any atom is 0.238 e. The number of fused-ring (bicyclic) bond motifs is 9. The Bertz CT molecular complexity index is 4160. The topological polar surface area (TPSA) is 53.5 Å². The molecule has 0 fully saturated rings. The van der Waals surface area contributed by atoms with E-state index in [1.165, 1.54) is 49.2 Å². The fourth-order valence-corrected chi connectivity index (χ4v) is 10.7. The van der Waals surface area contributed by atoms with E-state index < -0.39 is 0 Å². The average molecular weight is 895 g/mol. The Morgan fingerprint density at radius 3 is 1.33 bits per heavy atom. The summed E-state index contributed by atoms with van der Waals surface area (Å²) in [7, 11) is 0. The van der Waals surface area contributed by atoms with Gasteiger partial charge in [0.1, 0.15) is 0 Å². The lowest BCUT2D eigenvalue weighted by atomic mass is 9.96. The van der Waals surface area contributed by atoms with Crippen molar-refractivity contribution >= 4 is 66.7 Å². The van der Waals surface area contributed by atoms with Gasteiger partial charge in [0.25, 0.3) is 0 Å². The van der Waals surface area contributed by atoms with Crippen LogP contribution in [-0.2, 0) is 0 Å². The average Bonchev–Trinajstić information content (AvgIpc) is 3.99. The van der Waals surface area contributed by atoms with E-state index in [1.807, 2.05) is 36.4 Å². The molecule has 0 saturated heterocycles. The van der Waals surface area contributed by atoms with Crippen molar-refractivity contribution in [2.45, 2.75) is 5.92 Å². The summed E-state index contributed by atoms with van der Waals surface area (Å²) in [5.74, 6) is 1.81. The molecule has 0 bridgehead atoms. The van der Waals surface area contributed by atoms with Gasteiger partial charge in [-0.3, -0.25) is 4.57 Å². The number of allylic oxidation sites excluding steroid dienone is 2. The SMILES string of the molecule is C1=CC(c2ccc3c(c2)c2ccccc2n3-c2ccccc2)C=Cc2c1c1cc(-c3ccc4c(c3)c3ccccc3n4-c3ccccc3)ccc1n2-c1nc(-c2ccccc2)nc(-c2ccccc2)n1. The van der Waals surface area contributed by atoms with E-state index in [0.717, 1.165) is 55.8 Å². The number of para-hydroxylation sites is 4. The molecule has 0 aliphatic heterocycles. The number of nitrogens with zero attached hydrogens (tertiary/aromatic N) is 6. The predicted molar refractivity (Wildman–Crippen MR) is 289 cm³/mol. The summed E-state index contributed by atoms with van der Waals surface area (Å²) in [6.45, 7) is 0. The molecule has 1 unspecified atom stereocenters. The largest absolute Gasteiger partial charge is 0.309 e. The summed E-state index contributed by atoms with van der Waals surface area (Å²) < 4.78 is 6.97. The van der Waals surface area contributed by atoms with E-state index >= 15 is 0 Å². The number of hydrogen-bond acceptors (Lipinski definition) is 3. The third-order valence-corrected chi connectivity index (χ3v) is 14.0.